The Hall–Kier alpha value is -0.720. The molecule has 0 amide bonds. The van der Waals surface area contributed by atoms with Gasteiger partial charge < -0.3 is 5.73 Å². The van der Waals surface area contributed by atoms with Gasteiger partial charge in [0.15, 0.2) is 5.78 Å². The fraction of sp³-hybridized carbons (Fsp3) is 0.571. The van der Waals surface area contributed by atoms with Crippen LogP contribution >= 0.6 is 0 Å². The molecule has 0 aliphatic rings. The van der Waals surface area contributed by atoms with Gasteiger partial charge in [0.1, 0.15) is 0 Å². The van der Waals surface area contributed by atoms with Crippen LogP contribution in [0.5, 0.6) is 0 Å². The molecular weight excluding hydrogens is 194 g/mol. The summed E-state index contributed by atoms with van der Waals surface area (Å²) in [6, 6.07) is 0. The predicted molar refractivity (Wildman–Crippen MR) is 48.8 cm³/mol. The van der Waals surface area contributed by atoms with E-state index in [0.29, 0.717) is 0 Å². The summed E-state index contributed by atoms with van der Waals surface area (Å²) in [5.41, 5.74) is 4.22. The first-order valence-corrected chi connectivity index (χ1v) is 5.16. The zero-order chi connectivity index (χ0) is 10.7. The second-order valence-electron chi connectivity index (χ2n) is 3.23. The molecule has 0 bridgehead atoms. The molecule has 0 saturated heterocycles. The standard InChI is InChI=1S/C7H13NO4S/c1-3-6(9)4-7(2,8)5-13(10,11)12/h3H,1,4-5,8H2,2H3,(H,10,11,12). The molecule has 1 atom stereocenters. The van der Waals surface area contributed by atoms with Crippen LogP contribution in [0.1, 0.15) is 13.3 Å². The van der Waals surface area contributed by atoms with Gasteiger partial charge in [-0.1, -0.05) is 6.58 Å². The summed E-state index contributed by atoms with van der Waals surface area (Å²) in [6.45, 7) is 4.60. The van der Waals surface area contributed by atoms with Crippen LogP contribution in [0.25, 0.3) is 0 Å². The van der Waals surface area contributed by atoms with E-state index in [1.807, 2.05) is 0 Å². The largest absolute Gasteiger partial charge is 0.324 e. The Balaban J connectivity index is 4.41. The number of carbonyl (C=O) groups is 1. The average Bonchev–Trinajstić information content (AvgIpc) is 1.80. The first kappa shape index (κ1) is 12.3. The molecule has 0 aliphatic carbocycles. The first-order chi connectivity index (χ1) is 5.66. The topological polar surface area (TPSA) is 97.5 Å². The molecule has 0 aromatic rings. The first-order valence-electron chi connectivity index (χ1n) is 3.55. The van der Waals surface area contributed by atoms with Crippen molar-refractivity contribution in [2.45, 2.75) is 18.9 Å². The second-order valence-corrected chi connectivity index (χ2v) is 4.68. The molecule has 0 heterocycles. The summed E-state index contributed by atoms with van der Waals surface area (Å²) in [7, 11) is -4.15. The van der Waals surface area contributed by atoms with Crippen LogP contribution in [0, 0.1) is 0 Å². The normalized spacial score (nSPS) is 16.2. The van der Waals surface area contributed by atoms with Crippen molar-refractivity contribution < 1.29 is 17.8 Å². The van der Waals surface area contributed by atoms with Gasteiger partial charge in [-0.3, -0.25) is 9.35 Å². The van der Waals surface area contributed by atoms with Crippen LogP contribution in [-0.2, 0) is 14.9 Å². The Labute approximate surface area is 77.4 Å². The Morgan fingerprint density at radius 2 is 2.15 bits per heavy atom. The summed E-state index contributed by atoms with van der Waals surface area (Å²) >= 11 is 0. The molecule has 0 radical (unpaired) electrons. The molecule has 0 saturated carbocycles. The summed E-state index contributed by atoms with van der Waals surface area (Å²) in [6.07, 6.45) is 0.908. The van der Waals surface area contributed by atoms with Crippen molar-refractivity contribution in [1.29, 1.82) is 0 Å². The van der Waals surface area contributed by atoms with E-state index in [4.69, 9.17) is 10.3 Å². The van der Waals surface area contributed by atoms with Crippen molar-refractivity contribution in [1.82, 2.24) is 0 Å². The SMILES string of the molecule is C=CC(=O)CC(C)(N)CS(=O)(=O)O. The van der Waals surface area contributed by atoms with E-state index in [-0.39, 0.29) is 12.2 Å². The fourth-order valence-electron chi connectivity index (χ4n) is 0.938. The molecule has 1 unspecified atom stereocenters. The molecule has 0 aromatic carbocycles. The molecule has 0 spiro atoms. The van der Waals surface area contributed by atoms with Crippen molar-refractivity contribution in [3.05, 3.63) is 12.7 Å². The molecular formula is C7H13NO4S. The third-order valence-corrected chi connectivity index (χ3v) is 2.34. The van der Waals surface area contributed by atoms with E-state index in [1.165, 1.54) is 6.92 Å². The quantitative estimate of drug-likeness (QED) is 0.478. The lowest BCUT2D eigenvalue weighted by Gasteiger charge is -2.20. The number of hydrogen-bond acceptors (Lipinski definition) is 4. The third kappa shape index (κ3) is 6.44. The summed E-state index contributed by atoms with van der Waals surface area (Å²) in [5.74, 6) is -0.992. The van der Waals surface area contributed by atoms with Gasteiger partial charge in [-0.15, -0.1) is 0 Å². The Morgan fingerprint density at radius 3 is 2.46 bits per heavy atom. The van der Waals surface area contributed by atoms with E-state index in [1.54, 1.807) is 0 Å². The van der Waals surface area contributed by atoms with Crippen LogP contribution in [0.3, 0.4) is 0 Å². The minimum absolute atomic E-state index is 0.156. The van der Waals surface area contributed by atoms with Crippen LogP contribution in [0.4, 0.5) is 0 Å². The molecule has 0 rings (SSSR count). The number of hydrogen-bond donors (Lipinski definition) is 2. The summed E-state index contributed by atoms with van der Waals surface area (Å²) in [5, 5.41) is 0. The Morgan fingerprint density at radius 1 is 1.69 bits per heavy atom. The molecule has 0 aromatic heterocycles. The van der Waals surface area contributed by atoms with Crippen LogP contribution in [0.15, 0.2) is 12.7 Å². The average molecular weight is 207 g/mol. The highest BCUT2D eigenvalue weighted by atomic mass is 32.2. The highest BCUT2D eigenvalue weighted by Crippen LogP contribution is 2.09. The van der Waals surface area contributed by atoms with Crippen molar-refractivity contribution >= 4 is 15.9 Å². The number of nitrogens with two attached hydrogens (primary N) is 1. The third-order valence-electron chi connectivity index (χ3n) is 1.32. The van der Waals surface area contributed by atoms with Crippen LogP contribution in [0.2, 0.25) is 0 Å². The van der Waals surface area contributed by atoms with Crippen LogP contribution < -0.4 is 5.73 Å². The smallest absolute Gasteiger partial charge is 0.266 e. The van der Waals surface area contributed by atoms with Gasteiger partial charge in [0.25, 0.3) is 10.1 Å². The highest BCUT2D eigenvalue weighted by molar-refractivity contribution is 7.85. The molecule has 76 valence electrons. The van der Waals surface area contributed by atoms with Gasteiger partial charge in [-0.25, -0.2) is 0 Å². The second kappa shape index (κ2) is 3.99. The van der Waals surface area contributed by atoms with Crippen molar-refractivity contribution in [3.63, 3.8) is 0 Å². The maximum Gasteiger partial charge on any atom is 0.266 e. The molecule has 5 nitrogen and oxygen atoms in total. The molecule has 0 aliphatic heterocycles. The van der Waals surface area contributed by atoms with E-state index >= 15 is 0 Å². The molecule has 0 fully saturated rings. The Bertz CT molecular complexity index is 304. The number of carbonyl (C=O) groups excluding carboxylic acids is 1. The van der Waals surface area contributed by atoms with Crippen molar-refractivity contribution in [2.75, 3.05) is 5.75 Å². The lowest BCUT2D eigenvalue weighted by molar-refractivity contribution is -0.115. The maximum atomic E-state index is 10.8. The van der Waals surface area contributed by atoms with Gasteiger partial charge in [-0.05, 0) is 13.0 Å². The van der Waals surface area contributed by atoms with E-state index in [0.717, 1.165) is 6.08 Å². The number of allylic oxidation sites excluding steroid dienone is 1. The van der Waals surface area contributed by atoms with Gasteiger partial charge in [0.2, 0.25) is 0 Å². The zero-order valence-electron chi connectivity index (χ0n) is 7.36. The molecule has 3 N–H and O–H groups in total. The van der Waals surface area contributed by atoms with E-state index in [2.05, 4.69) is 6.58 Å². The van der Waals surface area contributed by atoms with Crippen LogP contribution in [-0.4, -0.2) is 30.0 Å². The van der Waals surface area contributed by atoms with E-state index < -0.39 is 21.4 Å². The fourth-order valence-corrected chi connectivity index (χ4v) is 1.87. The Kier molecular flexibility index (Phi) is 3.77. The number of rotatable bonds is 5. The van der Waals surface area contributed by atoms with Gasteiger partial charge in [-0.2, -0.15) is 8.42 Å². The van der Waals surface area contributed by atoms with Gasteiger partial charge in [0.05, 0.1) is 5.75 Å². The summed E-state index contributed by atoms with van der Waals surface area (Å²) < 4.78 is 29.4. The zero-order valence-corrected chi connectivity index (χ0v) is 8.17. The number of ketones is 1. The predicted octanol–water partition coefficient (Wildman–Crippen LogP) is -0.263. The lowest BCUT2D eigenvalue weighted by Crippen LogP contribution is -2.44. The summed E-state index contributed by atoms with van der Waals surface area (Å²) in [4.78, 5) is 10.8. The maximum absolute atomic E-state index is 10.8. The minimum atomic E-state index is -4.15. The minimum Gasteiger partial charge on any atom is -0.324 e. The van der Waals surface area contributed by atoms with Gasteiger partial charge >= 0.3 is 0 Å². The molecule has 13 heavy (non-hydrogen) atoms. The van der Waals surface area contributed by atoms with Crippen molar-refractivity contribution in [3.8, 4) is 0 Å². The van der Waals surface area contributed by atoms with Gasteiger partial charge in [0, 0.05) is 12.0 Å². The monoisotopic (exact) mass is 207 g/mol. The molecule has 6 heteroatoms. The lowest BCUT2D eigenvalue weighted by atomic mass is 9.99. The van der Waals surface area contributed by atoms with Crippen molar-refractivity contribution in [2.24, 2.45) is 5.73 Å². The highest BCUT2D eigenvalue weighted by Gasteiger charge is 2.27. The van der Waals surface area contributed by atoms with E-state index in [9.17, 15) is 13.2 Å².